The number of hydrogen-bond donors (Lipinski definition) is 3. The molecule has 0 saturated carbocycles. The summed E-state index contributed by atoms with van der Waals surface area (Å²) >= 11 is 4.08. The maximum Gasteiger partial charge on any atom is 0.408 e. The van der Waals surface area contributed by atoms with Gasteiger partial charge in [0.25, 0.3) is 0 Å². The lowest BCUT2D eigenvalue weighted by molar-refractivity contribution is -0.118. The third-order valence-electron chi connectivity index (χ3n) is 4.30. The second-order valence-electron chi connectivity index (χ2n) is 8.10. The van der Waals surface area contributed by atoms with Gasteiger partial charge in [-0.05, 0) is 121 Å². The smallest absolute Gasteiger partial charge is 0.408 e. The molecule has 0 aromatic heterocycles. The molecule has 0 aliphatic carbocycles. The number of aromatic hydroxyl groups is 1. The van der Waals surface area contributed by atoms with Crippen LogP contribution in [0.1, 0.15) is 37.5 Å². The number of anilines is 1. The van der Waals surface area contributed by atoms with E-state index in [-0.39, 0.29) is 18.1 Å². The average molecular weight is 636 g/mol. The van der Waals surface area contributed by atoms with Crippen LogP contribution >= 0.6 is 45.2 Å². The van der Waals surface area contributed by atoms with Crippen LogP contribution < -0.4 is 10.6 Å². The van der Waals surface area contributed by atoms with Crippen molar-refractivity contribution in [2.75, 3.05) is 5.32 Å². The lowest BCUT2D eigenvalue weighted by Crippen LogP contribution is -2.47. The molecule has 0 fully saturated rings. The van der Waals surface area contributed by atoms with Crippen LogP contribution in [0.2, 0.25) is 0 Å². The van der Waals surface area contributed by atoms with E-state index in [0.717, 1.165) is 16.7 Å². The fourth-order valence-electron chi connectivity index (χ4n) is 2.68. The number of halogens is 2. The van der Waals surface area contributed by atoms with Crippen molar-refractivity contribution >= 4 is 62.9 Å². The summed E-state index contributed by atoms with van der Waals surface area (Å²) in [6.07, 6.45) is -0.409. The van der Waals surface area contributed by atoms with Crippen molar-refractivity contribution in [3.8, 4) is 5.75 Å². The van der Waals surface area contributed by atoms with E-state index in [1.807, 2.05) is 77.2 Å². The third-order valence-corrected chi connectivity index (χ3v) is 5.94. The van der Waals surface area contributed by atoms with Gasteiger partial charge < -0.3 is 20.5 Å². The van der Waals surface area contributed by atoms with E-state index in [0.29, 0.717) is 12.8 Å². The van der Waals surface area contributed by atoms with E-state index in [1.165, 1.54) is 0 Å². The number of carbonyl (C=O) groups is 2. The number of aryl methyl sites for hydroxylation is 2. The maximum absolute atomic E-state index is 13.0. The van der Waals surface area contributed by atoms with E-state index in [9.17, 15) is 14.7 Å². The molecule has 162 valence electrons. The van der Waals surface area contributed by atoms with Crippen LogP contribution in [0.4, 0.5) is 10.5 Å². The lowest BCUT2D eigenvalue weighted by atomic mass is 10.0. The second kappa shape index (κ2) is 10.2. The van der Waals surface area contributed by atoms with Gasteiger partial charge >= 0.3 is 6.09 Å². The minimum Gasteiger partial charge on any atom is -0.506 e. The number of alkyl carbamates (subject to hydrolysis) is 1. The van der Waals surface area contributed by atoms with E-state index in [1.54, 1.807) is 32.9 Å². The Balaban J connectivity index is 2.26. The molecule has 30 heavy (non-hydrogen) atoms. The third kappa shape index (κ3) is 7.29. The fourth-order valence-corrected chi connectivity index (χ4v) is 4.58. The van der Waals surface area contributed by atoms with Crippen LogP contribution in [-0.2, 0) is 16.0 Å². The number of nitrogens with one attached hydrogen (secondary N) is 2. The summed E-state index contributed by atoms with van der Waals surface area (Å²) in [6.45, 7) is 9.27. The zero-order chi connectivity index (χ0) is 22.6. The molecule has 2 rings (SSSR count). The average Bonchev–Trinajstić information content (AvgIpc) is 2.60. The minimum absolute atomic E-state index is 0.205. The predicted molar refractivity (Wildman–Crippen MR) is 135 cm³/mol. The number of benzene rings is 2. The van der Waals surface area contributed by atoms with Gasteiger partial charge in [-0.2, -0.15) is 0 Å². The molecule has 2 amide bonds. The van der Waals surface area contributed by atoms with Gasteiger partial charge in [0.15, 0.2) is 0 Å². The normalized spacial score (nSPS) is 12.2. The van der Waals surface area contributed by atoms with Gasteiger partial charge in [-0.1, -0.05) is 6.07 Å². The quantitative estimate of drug-likeness (QED) is 0.390. The first-order chi connectivity index (χ1) is 13.9. The zero-order valence-electron chi connectivity index (χ0n) is 17.6. The van der Waals surface area contributed by atoms with Crippen molar-refractivity contribution in [3.63, 3.8) is 0 Å². The van der Waals surface area contributed by atoms with Crippen molar-refractivity contribution in [2.24, 2.45) is 0 Å². The van der Waals surface area contributed by atoms with Gasteiger partial charge in [0, 0.05) is 12.1 Å². The first kappa shape index (κ1) is 24.7. The molecule has 0 aliphatic rings. The molecule has 6 nitrogen and oxygen atoms in total. The van der Waals surface area contributed by atoms with Crippen LogP contribution in [0.3, 0.4) is 0 Å². The Bertz CT molecular complexity index is 932. The molecule has 2 aromatic rings. The Morgan fingerprint density at radius 2 is 1.67 bits per heavy atom. The molecular weight excluding hydrogens is 610 g/mol. The molecule has 0 radical (unpaired) electrons. The van der Waals surface area contributed by atoms with Crippen LogP contribution in [0.25, 0.3) is 0 Å². The molecule has 8 heteroatoms. The Hall–Kier alpha value is -1.56. The van der Waals surface area contributed by atoms with Crippen LogP contribution in [-0.4, -0.2) is 28.7 Å². The Labute approximate surface area is 204 Å². The predicted octanol–water partition coefficient (Wildman–Crippen LogP) is 5.29. The number of amides is 2. The Kier molecular flexibility index (Phi) is 8.37. The van der Waals surface area contributed by atoms with Gasteiger partial charge in [0.1, 0.15) is 17.4 Å². The SMILES string of the molecule is Cc1ccc(NC(=O)[C@H](Cc2cc(I)c(O)c(I)c2)NC(=O)OC(C)(C)C)cc1C. The highest BCUT2D eigenvalue weighted by Gasteiger charge is 2.25. The van der Waals surface area contributed by atoms with Crippen molar-refractivity contribution in [3.05, 3.63) is 54.2 Å². The summed E-state index contributed by atoms with van der Waals surface area (Å²) in [5.74, 6) is -0.140. The first-order valence-corrected chi connectivity index (χ1v) is 11.6. The highest BCUT2D eigenvalue weighted by molar-refractivity contribution is 14.1. The molecule has 2 aromatic carbocycles. The van der Waals surface area contributed by atoms with Crippen molar-refractivity contribution in [1.29, 1.82) is 0 Å². The summed E-state index contributed by atoms with van der Waals surface area (Å²) in [5, 5.41) is 15.6. The summed E-state index contributed by atoms with van der Waals surface area (Å²) in [7, 11) is 0. The van der Waals surface area contributed by atoms with Crippen molar-refractivity contribution in [2.45, 2.75) is 52.7 Å². The molecule has 0 heterocycles. The fraction of sp³-hybridized carbons (Fsp3) is 0.364. The van der Waals surface area contributed by atoms with Crippen molar-refractivity contribution < 1.29 is 19.4 Å². The van der Waals surface area contributed by atoms with Gasteiger partial charge in [0.2, 0.25) is 5.91 Å². The number of carbonyl (C=O) groups excluding carboxylic acids is 2. The van der Waals surface area contributed by atoms with Gasteiger partial charge in [-0.3, -0.25) is 4.79 Å². The van der Waals surface area contributed by atoms with Crippen molar-refractivity contribution in [1.82, 2.24) is 5.32 Å². The molecule has 0 unspecified atom stereocenters. The summed E-state index contributed by atoms with van der Waals surface area (Å²) in [4.78, 5) is 25.4. The molecule has 0 bridgehead atoms. The molecule has 3 N–H and O–H groups in total. The number of ether oxygens (including phenoxy) is 1. The number of phenolic OH excluding ortho intramolecular Hbond substituents is 1. The van der Waals surface area contributed by atoms with Crippen LogP contribution in [0, 0.1) is 21.0 Å². The molecule has 0 aliphatic heterocycles. The van der Waals surface area contributed by atoms with Gasteiger partial charge in [0.05, 0.1) is 7.14 Å². The zero-order valence-corrected chi connectivity index (χ0v) is 21.9. The van der Waals surface area contributed by atoms with Gasteiger partial charge in [-0.25, -0.2) is 4.79 Å². The standard InChI is InChI=1S/C22H26I2N2O4/c1-12-6-7-15(8-13(12)2)25-20(28)18(26-21(29)30-22(3,4)5)11-14-9-16(23)19(27)17(24)10-14/h6-10,18,27H,11H2,1-5H3,(H,25,28)(H,26,29)/t18-/m0/s1. The number of hydrogen-bond acceptors (Lipinski definition) is 4. The van der Waals surface area contributed by atoms with E-state index in [4.69, 9.17) is 4.74 Å². The highest BCUT2D eigenvalue weighted by atomic mass is 127. The van der Waals surface area contributed by atoms with Crippen LogP contribution in [0.15, 0.2) is 30.3 Å². The number of phenols is 1. The highest BCUT2D eigenvalue weighted by Crippen LogP contribution is 2.28. The summed E-state index contributed by atoms with van der Waals surface area (Å²) in [6, 6.07) is 8.40. The minimum atomic E-state index is -0.849. The van der Waals surface area contributed by atoms with E-state index >= 15 is 0 Å². The van der Waals surface area contributed by atoms with Crippen LogP contribution in [0.5, 0.6) is 5.75 Å². The topological polar surface area (TPSA) is 87.7 Å². The van der Waals surface area contributed by atoms with Gasteiger partial charge in [-0.15, -0.1) is 0 Å². The molecule has 0 saturated heterocycles. The number of rotatable bonds is 5. The first-order valence-electron chi connectivity index (χ1n) is 9.40. The molecule has 1 atom stereocenters. The van der Waals surface area contributed by atoms with E-state index in [2.05, 4.69) is 10.6 Å². The second-order valence-corrected chi connectivity index (χ2v) is 10.4. The molecular formula is C22H26I2N2O4. The Morgan fingerprint density at radius 1 is 1.07 bits per heavy atom. The molecule has 0 spiro atoms. The largest absolute Gasteiger partial charge is 0.506 e. The monoisotopic (exact) mass is 636 g/mol. The lowest BCUT2D eigenvalue weighted by Gasteiger charge is -2.23. The Morgan fingerprint density at radius 3 is 2.20 bits per heavy atom. The van der Waals surface area contributed by atoms with E-state index < -0.39 is 17.7 Å². The summed E-state index contributed by atoms with van der Waals surface area (Å²) < 4.78 is 6.70. The maximum atomic E-state index is 13.0. The summed E-state index contributed by atoms with van der Waals surface area (Å²) in [5.41, 5.74) is 2.99.